The molecule has 2 aromatic rings. The van der Waals surface area contributed by atoms with E-state index >= 15 is 0 Å². The lowest BCUT2D eigenvalue weighted by atomic mass is 10.2. The number of pyridine rings is 1. The second-order valence-electron chi connectivity index (χ2n) is 4.35. The van der Waals surface area contributed by atoms with Gasteiger partial charge in [0.1, 0.15) is 0 Å². The van der Waals surface area contributed by atoms with E-state index in [1.54, 1.807) is 23.6 Å². The van der Waals surface area contributed by atoms with Crippen molar-refractivity contribution in [3.63, 3.8) is 0 Å². The highest BCUT2D eigenvalue weighted by Crippen LogP contribution is 2.18. The van der Waals surface area contributed by atoms with Crippen LogP contribution in [0.4, 0.5) is 5.82 Å². The van der Waals surface area contributed by atoms with E-state index in [-0.39, 0.29) is 11.9 Å². The van der Waals surface area contributed by atoms with E-state index < -0.39 is 0 Å². The van der Waals surface area contributed by atoms with Gasteiger partial charge in [-0.2, -0.15) is 0 Å². The molecule has 1 unspecified atom stereocenters. The van der Waals surface area contributed by atoms with Gasteiger partial charge in [-0.15, -0.1) is 11.3 Å². The Morgan fingerprint density at radius 3 is 3.05 bits per heavy atom. The minimum absolute atomic E-state index is 0.0331. The Morgan fingerprint density at radius 2 is 2.40 bits per heavy atom. The molecule has 4 N–H and O–H groups in total. The topological polar surface area (TPSA) is 80.0 Å². The molecule has 0 aliphatic carbocycles. The highest BCUT2D eigenvalue weighted by atomic mass is 79.9. The SMILES string of the molecule is CC(Cc1cccs1)NC(=O)c1cc(Br)cnc1NN. The molecule has 0 spiro atoms. The largest absolute Gasteiger partial charge is 0.349 e. The quantitative estimate of drug-likeness (QED) is 0.569. The van der Waals surface area contributed by atoms with Gasteiger partial charge in [0.15, 0.2) is 5.82 Å². The van der Waals surface area contributed by atoms with E-state index in [0.29, 0.717) is 11.4 Å². The second kappa shape index (κ2) is 6.83. The van der Waals surface area contributed by atoms with E-state index in [4.69, 9.17) is 5.84 Å². The molecule has 7 heteroatoms. The number of hydrazine groups is 1. The number of anilines is 1. The first-order chi connectivity index (χ1) is 9.60. The lowest BCUT2D eigenvalue weighted by Gasteiger charge is -2.14. The third-order valence-electron chi connectivity index (χ3n) is 2.70. The van der Waals surface area contributed by atoms with Gasteiger partial charge in [0.2, 0.25) is 0 Å². The van der Waals surface area contributed by atoms with Crippen LogP contribution in [0.5, 0.6) is 0 Å². The van der Waals surface area contributed by atoms with Crippen LogP contribution >= 0.6 is 27.3 Å². The van der Waals surface area contributed by atoms with Crippen LogP contribution < -0.4 is 16.6 Å². The van der Waals surface area contributed by atoms with Crippen molar-refractivity contribution in [2.45, 2.75) is 19.4 Å². The smallest absolute Gasteiger partial charge is 0.255 e. The van der Waals surface area contributed by atoms with Crippen molar-refractivity contribution in [2.24, 2.45) is 5.84 Å². The van der Waals surface area contributed by atoms with Crippen LogP contribution in [-0.2, 0) is 6.42 Å². The molecule has 0 saturated heterocycles. The van der Waals surface area contributed by atoms with Crippen LogP contribution in [0.25, 0.3) is 0 Å². The average Bonchev–Trinajstić information content (AvgIpc) is 2.91. The number of rotatable bonds is 5. The first-order valence-corrected chi connectivity index (χ1v) is 7.73. The van der Waals surface area contributed by atoms with Crippen LogP contribution in [0.2, 0.25) is 0 Å². The molecule has 0 radical (unpaired) electrons. The van der Waals surface area contributed by atoms with Gasteiger partial charge in [0.05, 0.1) is 5.56 Å². The average molecular weight is 355 g/mol. The number of nitrogens with two attached hydrogens (primary N) is 1. The van der Waals surface area contributed by atoms with Crippen molar-refractivity contribution in [1.82, 2.24) is 10.3 Å². The summed E-state index contributed by atoms with van der Waals surface area (Å²) >= 11 is 4.98. The van der Waals surface area contributed by atoms with E-state index in [9.17, 15) is 4.79 Å². The Balaban J connectivity index is 2.06. The van der Waals surface area contributed by atoms with Crippen molar-refractivity contribution < 1.29 is 4.79 Å². The Bertz CT molecular complexity index is 588. The minimum atomic E-state index is -0.198. The molecule has 2 aromatic heterocycles. The maximum Gasteiger partial charge on any atom is 0.255 e. The molecule has 1 amide bonds. The van der Waals surface area contributed by atoms with Crippen LogP contribution in [0.15, 0.2) is 34.2 Å². The molecule has 0 aromatic carbocycles. The fraction of sp³-hybridized carbons (Fsp3) is 0.231. The number of carbonyl (C=O) groups excluding carboxylic acids is 1. The van der Waals surface area contributed by atoms with Crippen molar-refractivity contribution >= 4 is 39.0 Å². The summed E-state index contributed by atoms with van der Waals surface area (Å²) in [6, 6.07) is 5.78. The lowest BCUT2D eigenvalue weighted by molar-refractivity contribution is 0.0940. The monoisotopic (exact) mass is 354 g/mol. The van der Waals surface area contributed by atoms with Crippen LogP contribution in [-0.4, -0.2) is 16.9 Å². The molecule has 106 valence electrons. The molecule has 0 aliphatic rings. The van der Waals surface area contributed by atoms with Crippen molar-refractivity contribution in [3.8, 4) is 0 Å². The van der Waals surface area contributed by atoms with Gasteiger partial charge >= 0.3 is 0 Å². The van der Waals surface area contributed by atoms with E-state index in [1.165, 1.54) is 4.88 Å². The molecule has 2 heterocycles. The number of aromatic nitrogens is 1. The lowest BCUT2D eigenvalue weighted by Crippen LogP contribution is -2.34. The maximum atomic E-state index is 12.3. The molecule has 0 aliphatic heterocycles. The molecule has 0 bridgehead atoms. The van der Waals surface area contributed by atoms with E-state index in [1.807, 2.05) is 18.4 Å². The van der Waals surface area contributed by atoms with Gasteiger partial charge in [-0.05, 0) is 40.4 Å². The number of hydrogen-bond donors (Lipinski definition) is 3. The summed E-state index contributed by atoms with van der Waals surface area (Å²) in [7, 11) is 0. The van der Waals surface area contributed by atoms with Gasteiger partial charge in [-0.3, -0.25) is 4.79 Å². The molecule has 20 heavy (non-hydrogen) atoms. The number of halogens is 1. The van der Waals surface area contributed by atoms with Crippen molar-refractivity contribution in [3.05, 3.63) is 44.7 Å². The molecular formula is C13H15BrN4OS. The highest BCUT2D eigenvalue weighted by Gasteiger charge is 2.15. The van der Waals surface area contributed by atoms with Crippen LogP contribution in [0.3, 0.4) is 0 Å². The summed E-state index contributed by atoms with van der Waals surface area (Å²) in [6.45, 7) is 1.97. The summed E-state index contributed by atoms with van der Waals surface area (Å²) in [4.78, 5) is 17.5. The number of nitrogens with zero attached hydrogens (tertiary/aromatic N) is 1. The van der Waals surface area contributed by atoms with Crippen molar-refractivity contribution in [1.29, 1.82) is 0 Å². The number of nitrogens with one attached hydrogen (secondary N) is 2. The Hall–Kier alpha value is -1.44. The third kappa shape index (κ3) is 3.78. The highest BCUT2D eigenvalue weighted by molar-refractivity contribution is 9.10. The standard InChI is InChI=1S/C13H15BrN4OS/c1-8(5-10-3-2-4-20-10)17-13(19)11-6-9(14)7-16-12(11)18-15/h2-4,6-8H,5,15H2,1H3,(H,16,18)(H,17,19). The van der Waals surface area contributed by atoms with Gasteiger partial charge in [0.25, 0.3) is 5.91 Å². The molecular weight excluding hydrogens is 340 g/mol. The second-order valence-corrected chi connectivity index (χ2v) is 6.30. The molecule has 1 atom stereocenters. The zero-order valence-corrected chi connectivity index (χ0v) is 13.3. The number of hydrogen-bond acceptors (Lipinski definition) is 5. The maximum absolute atomic E-state index is 12.3. The van der Waals surface area contributed by atoms with Gasteiger partial charge in [-0.1, -0.05) is 6.07 Å². The Morgan fingerprint density at radius 1 is 1.60 bits per heavy atom. The zero-order chi connectivity index (χ0) is 14.5. The van der Waals surface area contributed by atoms with Crippen LogP contribution in [0.1, 0.15) is 22.2 Å². The molecule has 2 rings (SSSR count). The van der Waals surface area contributed by atoms with Crippen molar-refractivity contribution in [2.75, 3.05) is 5.43 Å². The summed E-state index contributed by atoms with van der Waals surface area (Å²) in [6.07, 6.45) is 2.39. The van der Waals surface area contributed by atoms with Gasteiger partial charge < -0.3 is 10.7 Å². The Labute approximate surface area is 129 Å². The number of amides is 1. The molecule has 0 saturated carbocycles. The fourth-order valence-electron chi connectivity index (χ4n) is 1.81. The normalized spacial score (nSPS) is 11.9. The van der Waals surface area contributed by atoms with Crippen LogP contribution in [0, 0.1) is 0 Å². The zero-order valence-electron chi connectivity index (χ0n) is 10.9. The minimum Gasteiger partial charge on any atom is -0.349 e. The van der Waals surface area contributed by atoms with E-state index in [0.717, 1.165) is 10.9 Å². The molecule has 0 fully saturated rings. The van der Waals surface area contributed by atoms with Gasteiger partial charge in [-0.25, -0.2) is 10.8 Å². The van der Waals surface area contributed by atoms with Gasteiger partial charge in [0, 0.05) is 28.0 Å². The first-order valence-electron chi connectivity index (χ1n) is 6.05. The fourth-order valence-corrected chi connectivity index (χ4v) is 2.98. The first kappa shape index (κ1) is 15.0. The number of carbonyl (C=O) groups is 1. The van der Waals surface area contributed by atoms with E-state index in [2.05, 4.69) is 37.7 Å². The third-order valence-corrected chi connectivity index (χ3v) is 4.03. The Kier molecular flexibility index (Phi) is 5.11. The number of thiophene rings is 1. The summed E-state index contributed by atoms with van der Waals surface area (Å²) < 4.78 is 0.729. The molecule has 5 nitrogen and oxygen atoms in total. The summed E-state index contributed by atoms with van der Waals surface area (Å²) in [5.74, 6) is 5.53. The predicted octanol–water partition coefficient (Wildman–Crippen LogP) is 2.55. The summed E-state index contributed by atoms with van der Waals surface area (Å²) in [5, 5.41) is 4.97. The predicted molar refractivity (Wildman–Crippen MR) is 84.7 cm³/mol. The number of nitrogen functional groups attached to an aromatic ring is 1. The summed E-state index contributed by atoms with van der Waals surface area (Å²) in [5.41, 5.74) is 2.85.